The first-order valence-electron chi connectivity index (χ1n) is 6.19. The van der Waals surface area contributed by atoms with Crippen LogP contribution in [0.4, 0.5) is 5.69 Å². The van der Waals surface area contributed by atoms with Crippen molar-refractivity contribution in [3.63, 3.8) is 0 Å². The van der Waals surface area contributed by atoms with Gasteiger partial charge in [0.2, 0.25) is 0 Å². The fourth-order valence-corrected chi connectivity index (χ4v) is 2.27. The quantitative estimate of drug-likeness (QED) is 0.822. The van der Waals surface area contributed by atoms with Crippen LogP contribution in [-0.4, -0.2) is 49.6 Å². The summed E-state index contributed by atoms with van der Waals surface area (Å²) in [7, 11) is 1.36. The Morgan fingerprint density at radius 2 is 2.21 bits per heavy atom. The second kappa shape index (κ2) is 4.89. The summed E-state index contributed by atoms with van der Waals surface area (Å²) in [6.45, 7) is 3.17. The number of H-pyrrole nitrogens is 1. The molecule has 2 aromatic rings. The maximum atomic E-state index is 11.6. The number of hydrogen-bond acceptors (Lipinski definition) is 5. The van der Waals surface area contributed by atoms with Gasteiger partial charge in [0.15, 0.2) is 5.69 Å². The van der Waals surface area contributed by atoms with Crippen molar-refractivity contribution < 1.29 is 14.3 Å². The summed E-state index contributed by atoms with van der Waals surface area (Å²) < 4.78 is 10.1. The van der Waals surface area contributed by atoms with Crippen LogP contribution in [0.3, 0.4) is 0 Å². The van der Waals surface area contributed by atoms with Crippen molar-refractivity contribution in [1.82, 2.24) is 10.2 Å². The Balaban J connectivity index is 2.00. The zero-order chi connectivity index (χ0) is 13.2. The molecule has 2 heterocycles. The first kappa shape index (κ1) is 12.0. The predicted octanol–water partition coefficient (Wildman–Crippen LogP) is 1.19. The molecule has 1 saturated heterocycles. The van der Waals surface area contributed by atoms with Gasteiger partial charge in [-0.2, -0.15) is 5.10 Å². The van der Waals surface area contributed by atoms with Crippen molar-refractivity contribution in [3.8, 4) is 0 Å². The normalized spacial score (nSPS) is 15.7. The highest BCUT2D eigenvalue weighted by atomic mass is 16.5. The van der Waals surface area contributed by atoms with Gasteiger partial charge in [0.1, 0.15) is 0 Å². The topological polar surface area (TPSA) is 67.5 Å². The van der Waals surface area contributed by atoms with E-state index >= 15 is 0 Å². The summed E-state index contributed by atoms with van der Waals surface area (Å²) >= 11 is 0. The Morgan fingerprint density at radius 3 is 2.95 bits per heavy atom. The van der Waals surface area contributed by atoms with Gasteiger partial charge in [0, 0.05) is 24.2 Å². The van der Waals surface area contributed by atoms with Crippen LogP contribution in [0, 0.1) is 0 Å². The average Bonchev–Trinajstić information content (AvgIpc) is 2.90. The number of benzene rings is 1. The molecule has 0 radical (unpaired) electrons. The summed E-state index contributed by atoms with van der Waals surface area (Å²) in [5.41, 5.74) is 2.23. The number of methoxy groups -OCH3 is 1. The smallest absolute Gasteiger partial charge is 0.359 e. The number of nitrogens with one attached hydrogen (secondary N) is 1. The number of carbonyl (C=O) groups excluding carboxylic acids is 1. The lowest BCUT2D eigenvalue weighted by Crippen LogP contribution is -2.36. The van der Waals surface area contributed by atoms with Crippen LogP contribution < -0.4 is 4.90 Å². The molecule has 0 spiro atoms. The maximum absolute atomic E-state index is 11.6. The summed E-state index contributed by atoms with van der Waals surface area (Å²) in [5.74, 6) is -0.426. The summed E-state index contributed by atoms with van der Waals surface area (Å²) in [5, 5.41) is 7.64. The molecule has 6 nitrogen and oxygen atoms in total. The Bertz CT molecular complexity index is 602. The number of fused-ring (bicyclic) bond motifs is 1. The van der Waals surface area contributed by atoms with E-state index in [9.17, 15) is 4.79 Å². The van der Waals surface area contributed by atoms with E-state index in [1.807, 2.05) is 18.2 Å². The van der Waals surface area contributed by atoms with E-state index in [1.54, 1.807) is 0 Å². The number of rotatable bonds is 2. The number of aromatic nitrogens is 2. The third-order valence-corrected chi connectivity index (χ3v) is 3.30. The molecule has 1 fully saturated rings. The first-order valence-corrected chi connectivity index (χ1v) is 6.19. The highest BCUT2D eigenvalue weighted by molar-refractivity contribution is 6.02. The molecule has 0 aliphatic carbocycles. The minimum atomic E-state index is -0.426. The van der Waals surface area contributed by atoms with Crippen molar-refractivity contribution in [2.75, 3.05) is 38.3 Å². The van der Waals surface area contributed by atoms with E-state index in [1.165, 1.54) is 7.11 Å². The van der Waals surface area contributed by atoms with Gasteiger partial charge in [-0.15, -0.1) is 0 Å². The fraction of sp³-hybridized carbons (Fsp3) is 0.385. The van der Waals surface area contributed by atoms with E-state index in [4.69, 9.17) is 9.47 Å². The van der Waals surface area contributed by atoms with Crippen molar-refractivity contribution in [1.29, 1.82) is 0 Å². The number of aromatic amines is 1. The minimum Gasteiger partial charge on any atom is -0.464 e. The highest BCUT2D eigenvalue weighted by Gasteiger charge is 2.17. The van der Waals surface area contributed by atoms with Crippen LogP contribution in [0.15, 0.2) is 18.2 Å². The van der Waals surface area contributed by atoms with E-state index < -0.39 is 5.97 Å². The first-order chi connectivity index (χ1) is 9.29. The molecule has 1 aromatic carbocycles. The number of ether oxygens (including phenoxy) is 2. The van der Waals surface area contributed by atoms with E-state index in [0.29, 0.717) is 5.69 Å². The molecule has 1 aromatic heterocycles. The Labute approximate surface area is 110 Å². The van der Waals surface area contributed by atoms with Crippen molar-refractivity contribution in [3.05, 3.63) is 23.9 Å². The lowest BCUT2D eigenvalue weighted by Gasteiger charge is -2.28. The van der Waals surface area contributed by atoms with Crippen molar-refractivity contribution >= 4 is 22.6 Å². The van der Waals surface area contributed by atoms with Crippen LogP contribution in [0.25, 0.3) is 10.9 Å². The van der Waals surface area contributed by atoms with E-state index in [0.717, 1.165) is 42.9 Å². The summed E-state index contributed by atoms with van der Waals surface area (Å²) in [6, 6.07) is 5.92. The average molecular weight is 261 g/mol. The van der Waals surface area contributed by atoms with Crippen LogP contribution in [-0.2, 0) is 9.47 Å². The molecule has 0 unspecified atom stereocenters. The molecule has 0 bridgehead atoms. The van der Waals surface area contributed by atoms with E-state index in [-0.39, 0.29) is 0 Å². The molecule has 0 amide bonds. The molecule has 19 heavy (non-hydrogen) atoms. The Kier molecular flexibility index (Phi) is 3.08. The SMILES string of the molecule is COC(=O)c1n[nH]c2ccc(N3CCOCC3)cc12. The number of morpholine rings is 1. The monoisotopic (exact) mass is 261 g/mol. The lowest BCUT2D eigenvalue weighted by atomic mass is 10.1. The number of hydrogen-bond donors (Lipinski definition) is 1. The number of carbonyl (C=O) groups is 1. The van der Waals surface area contributed by atoms with Crippen LogP contribution in [0.5, 0.6) is 0 Å². The molecule has 6 heteroatoms. The minimum absolute atomic E-state index is 0.326. The number of nitrogens with zero attached hydrogens (tertiary/aromatic N) is 2. The van der Waals surface area contributed by atoms with Gasteiger partial charge in [-0.1, -0.05) is 0 Å². The molecule has 1 N–H and O–H groups in total. The van der Waals surface area contributed by atoms with Crippen LogP contribution >= 0.6 is 0 Å². The molecule has 0 saturated carbocycles. The van der Waals surface area contributed by atoms with Crippen LogP contribution in [0.1, 0.15) is 10.5 Å². The summed E-state index contributed by atoms with van der Waals surface area (Å²) in [4.78, 5) is 13.9. The number of esters is 1. The zero-order valence-electron chi connectivity index (χ0n) is 10.7. The Morgan fingerprint density at radius 1 is 1.42 bits per heavy atom. The largest absolute Gasteiger partial charge is 0.464 e. The highest BCUT2D eigenvalue weighted by Crippen LogP contribution is 2.24. The molecule has 100 valence electrons. The molecular formula is C13H15N3O3. The second-order valence-corrected chi connectivity index (χ2v) is 4.39. The zero-order valence-corrected chi connectivity index (χ0v) is 10.7. The van der Waals surface area contributed by atoms with Gasteiger partial charge in [0.05, 0.1) is 25.8 Å². The van der Waals surface area contributed by atoms with Gasteiger partial charge in [0.25, 0.3) is 0 Å². The molecule has 0 atom stereocenters. The van der Waals surface area contributed by atoms with Crippen molar-refractivity contribution in [2.45, 2.75) is 0 Å². The second-order valence-electron chi connectivity index (χ2n) is 4.39. The van der Waals surface area contributed by atoms with Gasteiger partial charge >= 0.3 is 5.97 Å². The van der Waals surface area contributed by atoms with Gasteiger partial charge in [-0.25, -0.2) is 4.79 Å². The third-order valence-electron chi connectivity index (χ3n) is 3.30. The molecule has 3 rings (SSSR count). The van der Waals surface area contributed by atoms with Crippen molar-refractivity contribution in [2.24, 2.45) is 0 Å². The third kappa shape index (κ3) is 2.15. The number of anilines is 1. The molecular weight excluding hydrogens is 246 g/mol. The van der Waals surface area contributed by atoms with Gasteiger partial charge < -0.3 is 14.4 Å². The van der Waals surface area contributed by atoms with Crippen LogP contribution in [0.2, 0.25) is 0 Å². The van der Waals surface area contributed by atoms with Gasteiger partial charge in [-0.3, -0.25) is 5.10 Å². The Hall–Kier alpha value is -2.08. The molecule has 1 aliphatic heterocycles. The lowest BCUT2D eigenvalue weighted by molar-refractivity contribution is 0.0596. The fourth-order valence-electron chi connectivity index (χ4n) is 2.27. The van der Waals surface area contributed by atoms with Gasteiger partial charge in [-0.05, 0) is 18.2 Å². The summed E-state index contributed by atoms with van der Waals surface area (Å²) in [6.07, 6.45) is 0. The van der Waals surface area contributed by atoms with E-state index in [2.05, 4.69) is 15.1 Å². The standard InChI is InChI=1S/C13H15N3O3/c1-18-13(17)12-10-8-9(2-3-11(10)14-15-12)16-4-6-19-7-5-16/h2-3,8H,4-7H2,1H3,(H,14,15). The molecule has 1 aliphatic rings. The maximum Gasteiger partial charge on any atom is 0.359 e. The predicted molar refractivity (Wildman–Crippen MR) is 70.5 cm³/mol.